The van der Waals surface area contributed by atoms with Gasteiger partial charge in [0.05, 0.1) is 5.25 Å². The zero-order valence-corrected chi connectivity index (χ0v) is 14.7. The first kappa shape index (κ1) is 16.8. The van der Waals surface area contributed by atoms with Crippen LogP contribution in [0.25, 0.3) is 0 Å². The molecule has 4 heteroatoms. The highest BCUT2D eigenvalue weighted by Crippen LogP contribution is 2.36. The number of hydrogen-bond acceptors (Lipinski definition) is 4. The molecule has 21 heavy (non-hydrogen) atoms. The normalized spacial score (nSPS) is 19.2. The lowest BCUT2D eigenvalue weighted by atomic mass is 10.1. The molecule has 0 amide bonds. The molecule has 1 fully saturated rings. The monoisotopic (exact) mass is 307 g/mol. The van der Waals surface area contributed by atoms with Crippen molar-refractivity contribution in [3.63, 3.8) is 0 Å². The SMILES string of the molecule is Cc1nc(C2CCCCS2)nc(C)c1CCNCC(C)C. The Hall–Kier alpha value is -0.610. The van der Waals surface area contributed by atoms with Gasteiger partial charge >= 0.3 is 0 Å². The van der Waals surface area contributed by atoms with Gasteiger partial charge in [-0.05, 0) is 63.4 Å². The molecule has 1 aromatic heterocycles. The van der Waals surface area contributed by atoms with E-state index in [-0.39, 0.29) is 0 Å². The van der Waals surface area contributed by atoms with E-state index in [0.717, 1.165) is 25.3 Å². The number of rotatable bonds is 6. The number of thioether (sulfide) groups is 1. The summed E-state index contributed by atoms with van der Waals surface area (Å²) in [6, 6.07) is 0. The summed E-state index contributed by atoms with van der Waals surface area (Å²) in [5, 5.41) is 4.02. The van der Waals surface area contributed by atoms with Crippen LogP contribution < -0.4 is 5.32 Å². The Morgan fingerprint density at radius 1 is 1.19 bits per heavy atom. The molecule has 118 valence electrons. The van der Waals surface area contributed by atoms with Crippen LogP contribution in [0.5, 0.6) is 0 Å². The lowest BCUT2D eigenvalue weighted by molar-refractivity contribution is 0.552. The summed E-state index contributed by atoms with van der Waals surface area (Å²) in [6.07, 6.45) is 4.93. The van der Waals surface area contributed by atoms with Gasteiger partial charge in [0.1, 0.15) is 5.82 Å². The van der Waals surface area contributed by atoms with Crippen molar-refractivity contribution in [3.8, 4) is 0 Å². The van der Waals surface area contributed by atoms with Gasteiger partial charge in [-0.3, -0.25) is 0 Å². The third kappa shape index (κ3) is 4.96. The average Bonchev–Trinajstić information content (AvgIpc) is 2.46. The first-order valence-corrected chi connectivity index (χ1v) is 9.29. The van der Waals surface area contributed by atoms with E-state index < -0.39 is 0 Å². The van der Waals surface area contributed by atoms with Crippen LogP contribution in [-0.4, -0.2) is 28.8 Å². The first-order valence-electron chi connectivity index (χ1n) is 8.24. The highest BCUT2D eigenvalue weighted by atomic mass is 32.2. The van der Waals surface area contributed by atoms with Gasteiger partial charge in [0.25, 0.3) is 0 Å². The quantitative estimate of drug-likeness (QED) is 0.810. The Bertz CT molecular complexity index is 430. The number of aryl methyl sites for hydroxylation is 2. The highest BCUT2D eigenvalue weighted by Gasteiger charge is 2.20. The smallest absolute Gasteiger partial charge is 0.141 e. The fourth-order valence-electron chi connectivity index (χ4n) is 2.82. The molecule has 3 nitrogen and oxygen atoms in total. The van der Waals surface area contributed by atoms with Crippen molar-refractivity contribution in [2.24, 2.45) is 5.92 Å². The summed E-state index contributed by atoms with van der Waals surface area (Å²) in [7, 11) is 0. The van der Waals surface area contributed by atoms with Crippen molar-refractivity contribution >= 4 is 11.8 Å². The molecule has 0 aliphatic carbocycles. The van der Waals surface area contributed by atoms with E-state index in [1.165, 1.54) is 42.0 Å². The minimum atomic E-state index is 0.518. The second kappa shape index (κ2) is 8.14. The molecule has 0 radical (unpaired) electrons. The maximum absolute atomic E-state index is 4.81. The molecule has 0 aromatic carbocycles. The zero-order valence-electron chi connectivity index (χ0n) is 13.9. The fourth-order valence-corrected chi connectivity index (χ4v) is 4.06. The summed E-state index contributed by atoms with van der Waals surface area (Å²) in [5.74, 6) is 3.02. The molecule has 2 rings (SSSR count). The lowest BCUT2D eigenvalue weighted by Crippen LogP contribution is -2.23. The Morgan fingerprint density at radius 2 is 1.90 bits per heavy atom. The lowest BCUT2D eigenvalue weighted by Gasteiger charge is -2.21. The van der Waals surface area contributed by atoms with E-state index in [0.29, 0.717) is 11.2 Å². The highest BCUT2D eigenvalue weighted by molar-refractivity contribution is 7.99. The van der Waals surface area contributed by atoms with E-state index in [4.69, 9.17) is 9.97 Å². The van der Waals surface area contributed by atoms with Crippen molar-refractivity contribution in [2.45, 2.75) is 58.6 Å². The number of aromatic nitrogens is 2. The molecule has 0 spiro atoms. The third-order valence-electron chi connectivity index (χ3n) is 4.01. The summed E-state index contributed by atoms with van der Waals surface area (Å²) < 4.78 is 0. The molecule has 1 N–H and O–H groups in total. The van der Waals surface area contributed by atoms with Crippen molar-refractivity contribution in [1.82, 2.24) is 15.3 Å². The Kier molecular flexibility index (Phi) is 6.49. The van der Waals surface area contributed by atoms with E-state index in [1.54, 1.807) is 0 Å². The molecule has 0 bridgehead atoms. The minimum absolute atomic E-state index is 0.518. The Balaban J connectivity index is 1.99. The van der Waals surface area contributed by atoms with Crippen molar-refractivity contribution in [2.75, 3.05) is 18.8 Å². The van der Waals surface area contributed by atoms with E-state index in [9.17, 15) is 0 Å². The van der Waals surface area contributed by atoms with Gasteiger partial charge in [0.2, 0.25) is 0 Å². The van der Waals surface area contributed by atoms with Gasteiger partial charge in [-0.2, -0.15) is 11.8 Å². The maximum atomic E-state index is 4.81. The van der Waals surface area contributed by atoms with Gasteiger partial charge in [-0.15, -0.1) is 0 Å². The second-order valence-corrected chi connectivity index (χ2v) is 7.74. The first-order chi connectivity index (χ1) is 10.1. The summed E-state index contributed by atoms with van der Waals surface area (Å²) in [4.78, 5) is 9.62. The van der Waals surface area contributed by atoms with E-state index in [2.05, 4.69) is 33.0 Å². The standard InChI is InChI=1S/C17H29N3S/c1-12(2)11-18-9-8-15-13(3)19-17(20-14(15)4)16-7-5-6-10-21-16/h12,16,18H,5-11H2,1-4H3. The van der Waals surface area contributed by atoms with Crippen LogP contribution in [0.4, 0.5) is 0 Å². The summed E-state index contributed by atoms with van der Waals surface area (Å²) >= 11 is 2.03. The molecule has 1 unspecified atom stereocenters. The van der Waals surface area contributed by atoms with Crippen molar-refractivity contribution in [1.29, 1.82) is 0 Å². The van der Waals surface area contributed by atoms with Crippen LogP contribution in [-0.2, 0) is 6.42 Å². The van der Waals surface area contributed by atoms with Crippen molar-refractivity contribution < 1.29 is 0 Å². The van der Waals surface area contributed by atoms with Crippen molar-refractivity contribution in [3.05, 3.63) is 22.8 Å². The van der Waals surface area contributed by atoms with Gasteiger partial charge in [0, 0.05) is 11.4 Å². The van der Waals surface area contributed by atoms with Crippen LogP contribution in [0.3, 0.4) is 0 Å². The molecule has 1 saturated heterocycles. The molecule has 1 atom stereocenters. The fraction of sp³-hybridized carbons (Fsp3) is 0.765. The third-order valence-corrected chi connectivity index (χ3v) is 5.38. The second-order valence-electron chi connectivity index (χ2n) is 6.43. The van der Waals surface area contributed by atoms with Gasteiger partial charge < -0.3 is 5.32 Å². The number of hydrogen-bond donors (Lipinski definition) is 1. The van der Waals surface area contributed by atoms with Gasteiger partial charge in [-0.25, -0.2) is 9.97 Å². The largest absolute Gasteiger partial charge is 0.316 e. The topological polar surface area (TPSA) is 37.8 Å². The number of nitrogens with zero attached hydrogens (tertiary/aromatic N) is 2. The Morgan fingerprint density at radius 3 is 2.48 bits per heavy atom. The molecule has 1 aliphatic heterocycles. The Labute approximate surface area is 133 Å². The summed E-state index contributed by atoms with van der Waals surface area (Å²) in [5.41, 5.74) is 3.68. The van der Waals surface area contributed by atoms with Crippen LogP contribution >= 0.6 is 11.8 Å². The molecule has 2 heterocycles. The van der Waals surface area contributed by atoms with Crippen LogP contribution in [0.15, 0.2) is 0 Å². The van der Waals surface area contributed by atoms with Gasteiger partial charge in [-0.1, -0.05) is 20.3 Å². The predicted molar refractivity (Wildman–Crippen MR) is 92.0 cm³/mol. The minimum Gasteiger partial charge on any atom is -0.316 e. The van der Waals surface area contributed by atoms with Gasteiger partial charge in [0.15, 0.2) is 0 Å². The van der Waals surface area contributed by atoms with E-state index >= 15 is 0 Å². The van der Waals surface area contributed by atoms with Crippen LogP contribution in [0.2, 0.25) is 0 Å². The number of nitrogens with one attached hydrogen (secondary N) is 1. The predicted octanol–water partition coefficient (Wildman–Crippen LogP) is 3.84. The van der Waals surface area contributed by atoms with Crippen LogP contribution in [0.1, 0.15) is 61.1 Å². The van der Waals surface area contributed by atoms with Crippen LogP contribution in [0, 0.1) is 19.8 Å². The zero-order chi connectivity index (χ0) is 15.2. The average molecular weight is 308 g/mol. The summed E-state index contributed by atoms with van der Waals surface area (Å²) in [6.45, 7) is 10.9. The molecule has 1 aromatic rings. The maximum Gasteiger partial charge on any atom is 0.141 e. The molecular formula is C17H29N3S. The van der Waals surface area contributed by atoms with E-state index in [1.807, 2.05) is 11.8 Å². The molecular weight excluding hydrogens is 278 g/mol. The molecule has 1 aliphatic rings. The molecule has 0 saturated carbocycles.